The van der Waals surface area contributed by atoms with E-state index in [9.17, 15) is 13.2 Å². The van der Waals surface area contributed by atoms with Crippen LogP contribution in [-0.4, -0.2) is 30.5 Å². The zero-order chi connectivity index (χ0) is 19.2. The highest BCUT2D eigenvalue weighted by atomic mass is 32.2. The molecule has 0 unspecified atom stereocenters. The second-order valence-electron chi connectivity index (χ2n) is 6.16. The lowest BCUT2D eigenvalue weighted by molar-refractivity contribution is -0.115. The molecular formula is C18H15N3O3S3. The van der Waals surface area contributed by atoms with E-state index in [2.05, 4.69) is 15.3 Å². The van der Waals surface area contributed by atoms with Gasteiger partial charge in [-0.3, -0.25) is 4.79 Å². The van der Waals surface area contributed by atoms with Crippen LogP contribution < -0.4 is 5.32 Å². The van der Waals surface area contributed by atoms with Crippen LogP contribution in [0.15, 0.2) is 41.3 Å². The second-order valence-corrected chi connectivity index (χ2v) is 10.4. The molecule has 9 heteroatoms. The molecule has 0 aliphatic heterocycles. The molecule has 0 aliphatic carbocycles. The van der Waals surface area contributed by atoms with Crippen molar-refractivity contribution in [2.45, 2.75) is 18.2 Å². The maximum Gasteiger partial charge on any atom is 0.230 e. The molecule has 0 aliphatic rings. The van der Waals surface area contributed by atoms with E-state index in [1.165, 1.54) is 23.5 Å². The topological polar surface area (TPSA) is 89.0 Å². The molecule has 0 fully saturated rings. The summed E-state index contributed by atoms with van der Waals surface area (Å²) in [7, 11) is -3.24. The molecule has 0 saturated heterocycles. The minimum Gasteiger partial charge on any atom is -0.302 e. The molecule has 4 aromatic rings. The van der Waals surface area contributed by atoms with E-state index in [1.54, 1.807) is 23.5 Å². The smallest absolute Gasteiger partial charge is 0.230 e. The third-order valence-corrected chi connectivity index (χ3v) is 7.25. The summed E-state index contributed by atoms with van der Waals surface area (Å²) in [6.07, 6.45) is 1.30. The van der Waals surface area contributed by atoms with Gasteiger partial charge in [0, 0.05) is 6.26 Å². The van der Waals surface area contributed by atoms with Crippen LogP contribution in [0.25, 0.3) is 20.4 Å². The summed E-state index contributed by atoms with van der Waals surface area (Å²) in [5.74, 6) is -0.196. The molecule has 2 aromatic carbocycles. The van der Waals surface area contributed by atoms with E-state index < -0.39 is 9.84 Å². The number of fused-ring (bicyclic) bond motifs is 3. The van der Waals surface area contributed by atoms with Crippen molar-refractivity contribution in [3.63, 3.8) is 0 Å². The molecule has 0 atom stereocenters. The number of carbonyl (C=O) groups excluding carboxylic acids is 1. The van der Waals surface area contributed by atoms with Crippen molar-refractivity contribution >= 4 is 64.0 Å². The van der Waals surface area contributed by atoms with E-state index in [0.717, 1.165) is 37.3 Å². The van der Waals surface area contributed by atoms with Gasteiger partial charge in [-0.15, -0.1) is 11.3 Å². The zero-order valence-corrected chi connectivity index (χ0v) is 17.0. The fourth-order valence-corrected chi connectivity index (χ4v) is 5.39. The molecule has 0 spiro atoms. The lowest BCUT2D eigenvalue weighted by atomic mass is 10.1. The Morgan fingerprint density at radius 3 is 2.30 bits per heavy atom. The van der Waals surface area contributed by atoms with Crippen molar-refractivity contribution in [1.82, 2.24) is 9.97 Å². The van der Waals surface area contributed by atoms with Crippen LogP contribution in [0.2, 0.25) is 0 Å². The average Bonchev–Trinajstić information content (AvgIpc) is 3.16. The van der Waals surface area contributed by atoms with Crippen molar-refractivity contribution in [3.8, 4) is 0 Å². The Morgan fingerprint density at radius 2 is 1.63 bits per heavy atom. The molecule has 0 saturated carbocycles. The molecule has 1 N–H and O–H groups in total. The van der Waals surface area contributed by atoms with E-state index in [0.29, 0.717) is 5.13 Å². The summed E-state index contributed by atoms with van der Waals surface area (Å²) in [6.45, 7) is 1.97. The van der Waals surface area contributed by atoms with Crippen LogP contribution in [0, 0.1) is 6.92 Å². The lowest BCUT2D eigenvalue weighted by Gasteiger charge is -2.03. The van der Waals surface area contributed by atoms with E-state index in [1.807, 2.05) is 19.1 Å². The molecule has 4 rings (SSSR count). The van der Waals surface area contributed by atoms with Crippen LogP contribution in [0.1, 0.15) is 10.6 Å². The maximum absolute atomic E-state index is 12.3. The van der Waals surface area contributed by atoms with Gasteiger partial charge in [-0.05, 0) is 36.8 Å². The molecule has 2 heterocycles. The van der Waals surface area contributed by atoms with Gasteiger partial charge in [-0.1, -0.05) is 23.5 Å². The molecule has 6 nitrogen and oxygen atoms in total. The number of nitrogens with zero attached hydrogens (tertiary/aromatic N) is 2. The Balaban J connectivity index is 1.53. The first-order chi connectivity index (χ1) is 12.8. The standard InChI is InChI=1S/C18H15N3O3S3/c1-10-19-13-7-8-14-17(16(13)25-10)26-18(20-14)21-15(22)9-11-3-5-12(6-4-11)27(2,23)24/h3-8H,9H2,1-2H3,(H,20,21,22). The van der Waals surface area contributed by atoms with Gasteiger partial charge in [0.05, 0.1) is 36.8 Å². The number of benzene rings is 2. The van der Waals surface area contributed by atoms with Crippen molar-refractivity contribution in [1.29, 1.82) is 0 Å². The number of sulfone groups is 1. The molecular weight excluding hydrogens is 402 g/mol. The predicted octanol–water partition coefficient (Wildman–Crippen LogP) is 3.80. The van der Waals surface area contributed by atoms with Gasteiger partial charge in [-0.2, -0.15) is 0 Å². The monoisotopic (exact) mass is 417 g/mol. The van der Waals surface area contributed by atoms with Gasteiger partial charge in [0.25, 0.3) is 0 Å². The normalized spacial score (nSPS) is 11.9. The van der Waals surface area contributed by atoms with Gasteiger partial charge >= 0.3 is 0 Å². The van der Waals surface area contributed by atoms with E-state index in [-0.39, 0.29) is 17.2 Å². The number of carbonyl (C=O) groups is 1. The van der Waals surface area contributed by atoms with Gasteiger partial charge in [0.15, 0.2) is 15.0 Å². The predicted molar refractivity (Wildman–Crippen MR) is 109 cm³/mol. The van der Waals surface area contributed by atoms with Crippen molar-refractivity contribution in [2.24, 2.45) is 0 Å². The zero-order valence-electron chi connectivity index (χ0n) is 14.5. The number of thiazole rings is 2. The number of rotatable bonds is 4. The molecule has 138 valence electrons. The van der Waals surface area contributed by atoms with Gasteiger partial charge in [-0.25, -0.2) is 18.4 Å². The number of aromatic nitrogens is 2. The Morgan fingerprint density at radius 1 is 1.00 bits per heavy atom. The highest BCUT2D eigenvalue weighted by Gasteiger charge is 2.13. The quantitative estimate of drug-likeness (QED) is 0.546. The largest absolute Gasteiger partial charge is 0.302 e. The third-order valence-electron chi connectivity index (χ3n) is 3.98. The number of amides is 1. The van der Waals surface area contributed by atoms with Gasteiger partial charge in [0.1, 0.15) is 0 Å². The molecule has 0 radical (unpaired) electrons. The van der Waals surface area contributed by atoms with Crippen LogP contribution in [0.4, 0.5) is 5.13 Å². The molecule has 2 aromatic heterocycles. The van der Waals surface area contributed by atoms with Crippen molar-refractivity contribution in [3.05, 3.63) is 47.0 Å². The summed E-state index contributed by atoms with van der Waals surface area (Å²) < 4.78 is 25.1. The summed E-state index contributed by atoms with van der Waals surface area (Å²) >= 11 is 3.05. The first-order valence-corrected chi connectivity index (χ1v) is 11.6. The van der Waals surface area contributed by atoms with Gasteiger partial charge in [0.2, 0.25) is 5.91 Å². The number of nitrogens with one attached hydrogen (secondary N) is 1. The number of hydrogen-bond donors (Lipinski definition) is 1. The third kappa shape index (κ3) is 3.71. The van der Waals surface area contributed by atoms with Crippen LogP contribution in [0.5, 0.6) is 0 Å². The summed E-state index contributed by atoms with van der Waals surface area (Å²) in [5.41, 5.74) is 2.52. The minimum atomic E-state index is -3.24. The fraction of sp³-hybridized carbons (Fsp3) is 0.167. The first-order valence-electron chi connectivity index (χ1n) is 8.05. The number of aryl methyl sites for hydroxylation is 1. The summed E-state index contributed by atoms with van der Waals surface area (Å²) in [4.78, 5) is 21.5. The average molecular weight is 418 g/mol. The maximum atomic E-state index is 12.3. The van der Waals surface area contributed by atoms with E-state index in [4.69, 9.17) is 0 Å². The Labute approximate surface area is 163 Å². The Hall–Kier alpha value is -2.36. The van der Waals surface area contributed by atoms with Gasteiger partial charge < -0.3 is 5.32 Å². The lowest BCUT2D eigenvalue weighted by Crippen LogP contribution is -2.14. The SMILES string of the molecule is Cc1nc2ccc3nc(NC(=O)Cc4ccc(S(C)(=O)=O)cc4)sc3c2s1. The van der Waals surface area contributed by atoms with Crippen LogP contribution in [-0.2, 0) is 21.1 Å². The van der Waals surface area contributed by atoms with Crippen LogP contribution >= 0.6 is 22.7 Å². The number of hydrogen-bond acceptors (Lipinski definition) is 7. The van der Waals surface area contributed by atoms with Crippen molar-refractivity contribution in [2.75, 3.05) is 11.6 Å². The molecule has 1 amide bonds. The highest BCUT2D eigenvalue weighted by Crippen LogP contribution is 2.35. The van der Waals surface area contributed by atoms with Crippen molar-refractivity contribution < 1.29 is 13.2 Å². The fourth-order valence-electron chi connectivity index (χ4n) is 2.74. The summed E-state index contributed by atoms with van der Waals surface area (Å²) in [5, 5.41) is 4.37. The first kappa shape index (κ1) is 18.0. The second kappa shape index (κ2) is 6.66. The number of anilines is 1. The molecule has 0 bridgehead atoms. The summed E-state index contributed by atoms with van der Waals surface area (Å²) in [6, 6.07) is 10.2. The molecule has 27 heavy (non-hydrogen) atoms. The Bertz CT molecular complexity index is 1270. The van der Waals surface area contributed by atoms with Crippen LogP contribution in [0.3, 0.4) is 0 Å². The Kier molecular flexibility index (Phi) is 4.45. The van der Waals surface area contributed by atoms with E-state index >= 15 is 0 Å². The highest BCUT2D eigenvalue weighted by molar-refractivity contribution is 7.90. The minimum absolute atomic E-state index is 0.148.